The van der Waals surface area contributed by atoms with Gasteiger partial charge in [0.25, 0.3) is 0 Å². The van der Waals surface area contributed by atoms with E-state index in [1.165, 1.54) is 6.26 Å². The van der Waals surface area contributed by atoms with Crippen LogP contribution in [0.5, 0.6) is 0 Å². The highest BCUT2D eigenvalue weighted by Crippen LogP contribution is 2.11. The fourth-order valence-electron chi connectivity index (χ4n) is 0.436. The van der Waals surface area contributed by atoms with E-state index >= 15 is 0 Å². The van der Waals surface area contributed by atoms with Gasteiger partial charge in [0.2, 0.25) is 0 Å². The summed E-state index contributed by atoms with van der Waals surface area (Å²) in [7, 11) is 0. The molecule has 1 aliphatic heterocycles. The zero-order valence-electron chi connectivity index (χ0n) is 4.87. The van der Waals surface area contributed by atoms with Crippen LogP contribution in [0.2, 0.25) is 0 Å². The van der Waals surface area contributed by atoms with E-state index in [4.69, 9.17) is 0 Å². The molecule has 0 aromatic heterocycles. The summed E-state index contributed by atoms with van der Waals surface area (Å²) in [6, 6.07) is 0. The molecule has 0 N–H and O–H groups in total. The average molecular weight is 146 g/mol. The van der Waals surface area contributed by atoms with Crippen molar-refractivity contribution in [2.24, 2.45) is 0 Å². The van der Waals surface area contributed by atoms with Crippen LogP contribution in [-0.4, -0.2) is 4.21 Å². The molecule has 3 nitrogen and oxygen atoms in total. The maximum atomic E-state index is 10.3. The van der Waals surface area contributed by atoms with Crippen molar-refractivity contribution in [2.45, 2.75) is 6.92 Å². The molecular formula is C5H6O3S. The van der Waals surface area contributed by atoms with Crippen molar-refractivity contribution in [1.82, 2.24) is 0 Å². The van der Waals surface area contributed by atoms with Gasteiger partial charge in [0, 0.05) is 0 Å². The zero-order valence-corrected chi connectivity index (χ0v) is 5.68. The van der Waals surface area contributed by atoms with E-state index in [1.54, 1.807) is 12.2 Å². The van der Waals surface area contributed by atoms with Gasteiger partial charge in [-0.15, -0.1) is 0 Å². The molecule has 1 atom stereocenters. The Labute approximate surface area is 55.8 Å². The van der Waals surface area contributed by atoms with E-state index in [2.05, 4.69) is 8.37 Å². The first kappa shape index (κ1) is 6.35. The molecule has 1 rings (SSSR count). The lowest BCUT2D eigenvalue weighted by Gasteiger charge is -1.87. The van der Waals surface area contributed by atoms with Gasteiger partial charge in [-0.25, -0.2) is 0 Å². The minimum Gasteiger partial charge on any atom is -0.375 e. The Bertz CT molecular complexity index is 183. The van der Waals surface area contributed by atoms with Gasteiger partial charge in [-0.1, -0.05) is 6.08 Å². The number of allylic oxidation sites excluding steroid dienone is 2. The van der Waals surface area contributed by atoms with Gasteiger partial charge in [-0.05, 0) is 13.0 Å². The summed E-state index contributed by atoms with van der Waals surface area (Å²) < 4.78 is 19.4. The molecule has 4 heteroatoms. The lowest BCUT2D eigenvalue weighted by Crippen LogP contribution is -1.84. The molecule has 0 bridgehead atoms. The Hall–Kier alpha value is -0.770. The molecule has 0 aliphatic carbocycles. The molecule has 0 saturated heterocycles. The minimum absolute atomic E-state index is 0.496. The molecule has 0 amide bonds. The smallest absolute Gasteiger partial charge is 0.375 e. The largest absolute Gasteiger partial charge is 0.417 e. The Balaban J connectivity index is 2.55. The molecule has 0 fully saturated rings. The zero-order chi connectivity index (χ0) is 6.69. The van der Waals surface area contributed by atoms with Crippen LogP contribution < -0.4 is 0 Å². The highest BCUT2D eigenvalue weighted by Gasteiger charge is 2.10. The average Bonchev–Trinajstić information content (AvgIpc) is 2.17. The summed E-state index contributed by atoms with van der Waals surface area (Å²) in [6.07, 6.45) is 4.76. The van der Waals surface area contributed by atoms with Gasteiger partial charge in [-0.2, -0.15) is 4.21 Å². The predicted octanol–water partition coefficient (Wildman–Crippen LogP) is 1.03. The highest BCUT2D eigenvalue weighted by atomic mass is 32.2. The lowest BCUT2D eigenvalue weighted by molar-refractivity contribution is 0.439. The van der Waals surface area contributed by atoms with Crippen molar-refractivity contribution in [3.8, 4) is 0 Å². The normalized spacial score (nSPS) is 25.4. The van der Waals surface area contributed by atoms with Crippen molar-refractivity contribution >= 4 is 11.4 Å². The maximum absolute atomic E-state index is 10.3. The lowest BCUT2D eigenvalue weighted by atomic mass is 10.5. The van der Waals surface area contributed by atoms with E-state index < -0.39 is 11.4 Å². The van der Waals surface area contributed by atoms with Crippen molar-refractivity contribution < 1.29 is 12.6 Å². The monoisotopic (exact) mass is 146 g/mol. The van der Waals surface area contributed by atoms with Gasteiger partial charge >= 0.3 is 11.4 Å². The van der Waals surface area contributed by atoms with Crippen LogP contribution in [0.3, 0.4) is 0 Å². The SMILES string of the molecule is C/C=C\C1=COS(=O)O1. The van der Waals surface area contributed by atoms with Gasteiger partial charge < -0.3 is 8.37 Å². The fraction of sp³-hybridized carbons (Fsp3) is 0.200. The van der Waals surface area contributed by atoms with Gasteiger partial charge in [0.05, 0.1) is 0 Å². The summed E-state index contributed by atoms with van der Waals surface area (Å²) in [5.41, 5.74) is 0. The molecule has 0 radical (unpaired) electrons. The maximum Gasteiger partial charge on any atom is 0.417 e. The van der Waals surface area contributed by atoms with Crippen molar-refractivity contribution in [3.63, 3.8) is 0 Å². The van der Waals surface area contributed by atoms with Gasteiger partial charge in [0.15, 0.2) is 12.0 Å². The number of rotatable bonds is 1. The number of hydrogen-bond acceptors (Lipinski definition) is 3. The molecule has 0 spiro atoms. The third kappa shape index (κ3) is 1.57. The molecule has 1 heterocycles. The topological polar surface area (TPSA) is 35.5 Å². The number of hydrogen-bond donors (Lipinski definition) is 0. The van der Waals surface area contributed by atoms with Crippen LogP contribution in [-0.2, 0) is 19.7 Å². The van der Waals surface area contributed by atoms with Crippen LogP contribution >= 0.6 is 0 Å². The standard InChI is InChI=1S/C5H6O3S/c1-2-3-5-4-7-9(6)8-5/h2-4H,1H3/b3-2-. The van der Waals surface area contributed by atoms with Crippen LogP contribution in [0, 0.1) is 0 Å². The Morgan fingerprint density at radius 2 is 2.56 bits per heavy atom. The first-order chi connectivity index (χ1) is 4.33. The molecule has 50 valence electrons. The molecular weight excluding hydrogens is 140 g/mol. The second kappa shape index (κ2) is 2.68. The molecule has 9 heavy (non-hydrogen) atoms. The van der Waals surface area contributed by atoms with E-state index in [0.717, 1.165) is 0 Å². The second-order valence-corrected chi connectivity index (χ2v) is 2.17. The van der Waals surface area contributed by atoms with Crippen molar-refractivity contribution in [1.29, 1.82) is 0 Å². The van der Waals surface area contributed by atoms with Crippen molar-refractivity contribution in [2.75, 3.05) is 0 Å². The van der Waals surface area contributed by atoms with Crippen LogP contribution in [0.1, 0.15) is 6.92 Å². The molecule has 0 aromatic rings. The predicted molar refractivity (Wildman–Crippen MR) is 33.2 cm³/mol. The van der Waals surface area contributed by atoms with E-state index in [9.17, 15) is 4.21 Å². The molecule has 0 aromatic carbocycles. The quantitative estimate of drug-likeness (QED) is 0.554. The van der Waals surface area contributed by atoms with Crippen LogP contribution in [0.25, 0.3) is 0 Å². The third-order valence-electron chi connectivity index (χ3n) is 0.738. The van der Waals surface area contributed by atoms with Crippen LogP contribution in [0.15, 0.2) is 24.2 Å². The minimum atomic E-state index is -1.60. The first-order valence-corrected chi connectivity index (χ1v) is 3.43. The Morgan fingerprint density at radius 1 is 1.78 bits per heavy atom. The van der Waals surface area contributed by atoms with Gasteiger partial charge in [-0.3, -0.25) is 0 Å². The van der Waals surface area contributed by atoms with E-state index in [-0.39, 0.29) is 0 Å². The molecule has 0 saturated carbocycles. The fourth-order valence-corrected chi connectivity index (χ4v) is 0.901. The third-order valence-corrected chi connectivity index (χ3v) is 1.32. The van der Waals surface area contributed by atoms with Crippen LogP contribution in [0.4, 0.5) is 0 Å². The summed E-state index contributed by atoms with van der Waals surface area (Å²) in [5.74, 6) is 0.496. The first-order valence-electron chi connectivity index (χ1n) is 2.43. The highest BCUT2D eigenvalue weighted by molar-refractivity contribution is 7.75. The molecule has 1 unspecified atom stereocenters. The van der Waals surface area contributed by atoms with Gasteiger partial charge in [0.1, 0.15) is 0 Å². The van der Waals surface area contributed by atoms with Crippen molar-refractivity contribution in [3.05, 3.63) is 24.2 Å². The second-order valence-electron chi connectivity index (χ2n) is 1.40. The van der Waals surface area contributed by atoms with E-state index in [1.807, 2.05) is 6.92 Å². The summed E-state index contributed by atoms with van der Waals surface area (Å²) >= 11 is -1.60. The Morgan fingerprint density at radius 3 is 3.00 bits per heavy atom. The Kier molecular flexibility index (Phi) is 1.89. The summed E-state index contributed by atoms with van der Waals surface area (Å²) in [6.45, 7) is 1.84. The summed E-state index contributed by atoms with van der Waals surface area (Å²) in [4.78, 5) is 0. The molecule has 1 aliphatic rings. The summed E-state index contributed by atoms with van der Waals surface area (Å²) in [5, 5.41) is 0. The van der Waals surface area contributed by atoms with E-state index in [0.29, 0.717) is 5.76 Å².